The molecule has 3 N–H and O–H groups in total. The first kappa shape index (κ1) is 14.8. The largest absolute Gasteiger partial charge is 0.390 e. The molecule has 2 aromatic heterocycles. The zero-order chi connectivity index (χ0) is 14.6. The Morgan fingerprint density at radius 3 is 2.90 bits per heavy atom. The molecule has 7 nitrogen and oxygen atoms in total. The summed E-state index contributed by atoms with van der Waals surface area (Å²) >= 11 is 0. The van der Waals surface area contributed by atoms with Gasteiger partial charge in [0.05, 0.1) is 11.5 Å². The molecule has 0 amide bonds. The fourth-order valence-corrected chi connectivity index (χ4v) is 3.03. The van der Waals surface area contributed by atoms with Crippen LogP contribution in [0, 0.1) is 0 Å². The van der Waals surface area contributed by atoms with Crippen LogP contribution in [0.4, 0.5) is 0 Å². The SMILES string of the molecule is Cn1cc(S(=O)(=O)NCCCc2ncc[nH]2)cc1CO. The predicted octanol–water partition coefficient (Wildman–Crippen LogP) is 0.152. The number of H-pyrrole nitrogens is 1. The molecule has 2 aromatic rings. The van der Waals surface area contributed by atoms with Crippen LogP contribution >= 0.6 is 0 Å². The Morgan fingerprint density at radius 2 is 2.30 bits per heavy atom. The quantitative estimate of drug-likeness (QED) is 0.634. The van der Waals surface area contributed by atoms with Crippen LogP contribution in [0.25, 0.3) is 0 Å². The number of imidazole rings is 1. The number of aromatic nitrogens is 3. The first-order chi connectivity index (χ1) is 9.53. The average Bonchev–Trinajstić information content (AvgIpc) is 3.04. The van der Waals surface area contributed by atoms with Crippen molar-refractivity contribution in [3.05, 3.63) is 36.2 Å². The third kappa shape index (κ3) is 3.47. The molecule has 0 saturated heterocycles. The third-order valence-electron chi connectivity index (χ3n) is 2.99. The lowest BCUT2D eigenvalue weighted by molar-refractivity contribution is 0.272. The lowest BCUT2D eigenvalue weighted by Gasteiger charge is -2.04. The van der Waals surface area contributed by atoms with E-state index in [4.69, 9.17) is 5.11 Å². The summed E-state index contributed by atoms with van der Waals surface area (Å²) in [4.78, 5) is 7.20. The normalized spacial score (nSPS) is 11.9. The molecule has 2 rings (SSSR count). The minimum absolute atomic E-state index is 0.169. The number of nitrogens with zero attached hydrogens (tertiary/aromatic N) is 2. The van der Waals surface area contributed by atoms with Crippen molar-refractivity contribution in [2.75, 3.05) is 6.54 Å². The van der Waals surface area contributed by atoms with Gasteiger partial charge in [0.1, 0.15) is 5.82 Å². The van der Waals surface area contributed by atoms with Crippen molar-refractivity contribution in [1.29, 1.82) is 0 Å². The Labute approximate surface area is 117 Å². The van der Waals surface area contributed by atoms with Gasteiger partial charge in [-0.15, -0.1) is 0 Å². The van der Waals surface area contributed by atoms with Crippen molar-refractivity contribution in [1.82, 2.24) is 19.3 Å². The molecular weight excluding hydrogens is 280 g/mol. The highest BCUT2D eigenvalue weighted by Gasteiger charge is 2.16. The number of aliphatic hydroxyl groups is 1. The molecule has 0 aliphatic rings. The van der Waals surface area contributed by atoms with Crippen LogP contribution in [-0.2, 0) is 30.1 Å². The Morgan fingerprint density at radius 1 is 1.50 bits per heavy atom. The third-order valence-corrected chi connectivity index (χ3v) is 4.42. The van der Waals surface area contributed by atoms with Gasteiger partial charge < -0.3 is 14.7 Å². The fraction of sp³-hybridized carbons (Fsp3) is 0.417. The lowest BCUT2D eigenvalue weighted by Crippen LogP contribution is -2.24. The van der Waals surface area contributed by atoms with E-state index < -0.39 is 10.0 Å². The second-order valence-corrected chi connectivity index (χ2v) is 6.24. The summed E-state index contributed by atoms with van der Waals surface area (Å²) in [7, 11) is -1.83. The highest BCUT2D eigenvalue weighted by atomic mass is 32.2. The molecule has 8 heteroatoms. The van der Waals surface area contributed by atoms with E-state index in [2.05, 4.69) is 14.7 Å². The monoisotopic (exact) mass is 298 g/mol. The summed E-state index contributed by atoms with van der Waals surface area (Å²) < 4.78 is 28.2. The second kappa shape index (κ2) is 6.21. The molecule has 0 aliphatic heterocycles. The number of hydrogen-bond donors (Lipinski definition) is 3. The van der Waals surface area contributed by atoms with Gasteiger partial charge in [-0.1, -0.05) is 0 Å². The van der Waals surface area contributed by atoms with Crippen molar-refractivity contribution < 1.29 is 13.5 Å². The van der Waals surface area contributed by atoms with E-state index >= 15 is 0 Å². The van der Waals surface area contributed by atoms with E-state index in [-0.39, 0.29) is 11.5 Å². The number of aromatic amines is 1. The highest BCUT2D eigenvalue weighted by molar-refractivity contribution is 7.89. The molecule has 20 heavy (non-hydrogen) atoms. The number of rotatable bonds is 7. The van der Waals surface area contributed by atoms with E-state index in [1.165, 1.54) is 12.3 Å². The predicted molar refractivity (Wildman–Crippen MR) is 73.4 cm³/mol. The minimum atomic E-state index is -3.53. The lowest BCUT2D eigenvalue weighted by atomic mass is 10.3. The molecule has 0 atom stereocenters. The van der Waals surface area contributed by atoms with Crippen LogP contribution in [-0.4, -0.2) is 34.6 Å². The maximum Gasteiger partial charge on any atom is 0.242 e. The Balaban J connectivity index is 1.90. The molecule has 0 unspecified atom stereocenters. The Kier molecular flexibility index (Phi) is 4.58. The highest BCUT2D eigenvalue weighted by Crippen LogP contribution is 2.13. The average molecular weight is 298 g/mol. The van der Waals surface area contributed by atoms with Crippen molar-refractivity contribution in [3.8, 4) is 0 Å². The van der Waals surface area contributed by atoms with Gasteiger partial charge in [-0.25, -0.2) is 18.1 Å². The van der Waals surface area contributed by atoms with E-state index in [1.807, 2.05) is 0 Å². The van der Waals surface area contributed by atoms with Crippen molar-refractivity contribution in [2.45, 2.75) is 24.3 Å². The van der Waals surface area contributed by atoms with Gasteiger partial charge in [0, 0.05) is 44.3 Å². The first-order valence-electron chi connectivity index (χ1n) is 6.27. The van der Waals surface area contributed by atoms with Gasteiger partial charge in [-0.05, 0) is 12.5 Å². The van der Waals surface area contributed by atoms with E-state index in [0.717, 1.165) is 5.82 Å². The summed E-state index contributed by atoms with van der Waals surface area (Å²) in [6.07, 6.45) is 6.23. The van der Waals surface area contributed by atoms with Gasteiger partial charge in [0.2, 0.25) is 10.0 Å². The summed E-state index contributed by atoms with van der Waals surface area (Å²) in [6, 6.07) is 1.47. The molecule has 0 radical (unpaired) electrons. The summed E-state index contributed by atoms with van der Waals surface area (Å²) in [5.74, 6) is 0.839. The summed E-state index contributed by atoms with van der Waals surface area (Å²) in [5.41, 5.74) is 0.556. The molecule has 0 bridgehead atoms. The number of aryl methyl sites for hydroxylation is 2. The van der Waals surface area contributed by atoms with Crippen LogP contribution in [0.1, 0.15) is 17.9 Å². The van der Waals surface area contributed by atoms with Crippen LogP contribution < -0.4 is 4.72 Å². The second-order valence-electron chi connectivity index (χ2n) is 4.47. The maximum atomic E-state index is 12.0. The molecule has 0 aromatic carbocycles. The molecular formula is C12H18N4O3S. The first-order valence-corrected chi connectivity index (χ1v) is 7.75. The van der Waals surface area contributed by atoms with Crippen LogP contribution in [0.2, 0.25) is 0 Å². The Bertz CT molecular complexity index is 646. The number of hydrogen-bond acceptors (Lipinski definition) is 4. The molecule has 0 fully saturated rings. The maximum absolute atomic E-state index is 12.0. The zero-order valence-electron chi connectivity index (χ0n) is 11.2. The van der Waals surface area contributed by atoms with Crippen molar-refractivity contribution in [2.24, 2.45) is 7.05 Å². The topological polar surface area (TPSA) is 100 Å². The fourth-order valence-electron chi connectivity index (χ4n) is 1.86. The van der Waals surface area contributed by atoms with Crippen LogP contribution in [0.3, 0.4) is 0 Å². The van der Waals surface area contributed by atoms with Gasteiger partial charge in [-0.3, -0.25) is 0 Å². The van der Waals surface area contributed by atoms with E-state index in [9.17, 15) is 8.42 Å². The minimum Gasteiger partial charge on any atom is -0.390 e. The van der Waals surface area contributed by atoms with Crippen molar-refractivity contribution in [3.63, 3.8) is 0 Å². The summed E-state index contributed by atoms with van der Waals surface area (Å²) in [6.45, 7) is 0.150. The van der Waals surface area contributed by atoms with Crippen LogP contribution in [0.15, 0.2) is 29.6 Å². The summed E-state index contributed by atoms with van der Waals surface area (Å²) in [5, 5.41) is 9.07. The number of aliphatic hydroxyl groups excluding tert-OH is 1. The standard InChI is InChI=1S/C12H18N4O3S/c1-16-8-11(7-10(16)9-17)20(18,19)15-4-2-3-12-13-5-6-14-12/h5-8,15,17H,2-4,9H2,1H3,(H,13,14). The molecule has 110 valence electrons. The molecule has 0 spiro atoms. The smallest absolute Gasteiger partial charge is 0.242 e. The zero-order valence-corrected chi connectivity index (χ0v) is 12.0. The van der Waals surface area contributed by atoms with Gasteiger partial charge >= 0.3 is 0 Å². The van der Waals surface area contributed by atoms with E-state index in [0.29, 0.717) is 25.1 Å². The van der Waals surface area contributed by atoms with Gasteiger partial charge in [0.15, 0.2) is 0 Å². The molecule has 2 heterocycles. The van der Waals surface area contributed by atoms with E-state index in [1.54, 1.807) is 24.0 Å². The van der Waals surface area contributed by atoms with Gasteiger partial charge in [0.25, 0.3) is 0 Å². The van der Waals surface area contributed by atoms with Gasteiger partial charge in [-0.2, -0.15) is 0 Å². The number of sulfonamides is 1. The Hall–Kier alpha value is -1.64. The van der Waals surface area contributed by atoms with Crippen LogP contribution in [0.5, 0.6) is 0 Å². The molecule has 0 aliphatic carbocycles. The number of nitrogens with one attached hydrogen (secondary N) is 2. The van der Waals surface area contributed by atoms with Crippen molar-refractivity contribution >= 4 is 10.0 Å². The molecule has 0 saturated carbocycles.